The Labute approximate surface area is 186 Å². The van der Waals surface area contributed by atoms with E-state index in [1.807, 2.05) is 32.7 Å². The third-order valence-electron chi connectivity index (χ3n) is 6.97. The molecule has 1 aromatic carbocycles. The molecule has 2 saturated heterocycles. The number of amides is 1. The molecule has 3 fully saturated rings. The molecule has 1 spiro atoms. The summed E-state index contributed by atoms with van der Waals surface area (Å²) in [6.45, 7) is 11.7. The highest BCUT2D eigenvalue weighted by Gasteiger charge is 2.55. The second kappa shape index (κ2) is 8.12. The number of rotatable bonds is 3. The maximum atomic E-state index is 13.6. The molecule has 3 aliphatic rings. The summed E-state index contributed by atoms with van der Waals surface area (Å²) in [4.78, 5) is 33.2. The molecule has 6 nitrogen and oxygen atoms in total. The molecule has 1 amide bonds. The van der Waals surface area contributed by atoms with Crippen molar-refractivity contribution in [3.05, 3.63) is 29.8 Å². The van der Waals surface area contributed by atoms with Gasteiger partial charge in [-0.05, 0) is 77.1 Å². The number of carbonyl (C=O) groups excluding carboxylic acids is 2. The SMILES string of the molecule is Cc1cccc(N2CCN(C(=O)[C@@H]3[C@@H](C(=O)OC(C)(C)C)CC4(CC4)CN3C)CC2)c1. The van der Waals surface area contributed by atoms with Crippen LogP contribution in [0.25, 0.3) is 0 Å². The topological polar surface area (TPSA) is 53.1 Å². The molecule has 0 N–H and O–H groups in total. The Morgan fingerprint density at radius 1 is 1.10 bits per heavy atom. The lowest BCUT2D eigenvalue weighted by atomic mass is 9.80. The van der Waals surface area contributed by atoms with Gasteiger partial charge in [-0.2, -0.15) is 0 Å². The Morgan fingerprint density at radius 3 is 2.35 bits per heavy atom. The summed E-state index contributed by atoms with van der Waals surface area (Å²) in [6.07, 6.45) is 3.06. The molecule has 1 saturated carbocycles. The van der Waals surface area contributed by atoms with E-state index in [0.717, 1.165) is 38.9 Å². The van der Waals surface area contributed by atoms with Gasteiger partial charge in [-0.3, -0.25) is 14.5 Å². The molecule has 0 bridgehead atoms. The Bertz CT molecular complexity index is 835. The fraction of sp³-hybridized carbons (Fsp3) is 0.680. The van der Waals surface area contributed by atoms with Crippen LogP contribution in [0.15, 0.2) is 24.3 Å². The van der Waals surface area contributed by atoms with Gasteiger partial charge in [-0.15, -0.1) is 0 Å². The first kappa shape index (κ1) is 22.1. The predicted octanol–water partition coefficient (Wildman–Crippen LogP) is 3.09. The van der Waals surface area contributed by atoms with E-state index in [9.17, 15) is 9.59 Å². The maximum absolute atomic E-state index is 13.6. The predicted molar refractivity (Wildman–Crippen MR) is 122 cm³/mol. The van der Waals surface area contributed by atoms with Crippen molar-refractivity contribution in [3.63, 3.8) is 0 Å². The Balaban J connectivity index is 1.46. The number of aryl methyl sites for hydroxylation is 1. The molecular formula is C25H37N3O3. The number of ether oxygens (including phenoxy) is 1. The second-order valence-corrected chi connectivity index (χ2v) is 10.9. The van der Waals surface area contributed by atoms with Crippen molar-refractivity contribution >= 4 is 17.6 Å². The lowest BCUT2D eigenvalue weighted by Crippen LogP contribution is -2.61. The van der Waals surface area contributed by atoms with E-state index in [0.29, 0.717) is 13.1 Å². The van der Waals surface area contributed by atoms with E-state index < -0.39 is 11.6 Å². The number of likely N-dealkylation sites (tertiary alicyclic amines) is 1. The Hall–Kier alpha value is -2.08. The number of esters is 1. The van der Waals surface area contributed by atoms with Crippen molar-refractivity contribution in [1.29, 1.82) is 0 Å². The molecule has 170 valence electrons. The van der Waals surface area contributed by atoms with Crippen molar-refractivity contribution in [2.75, 3.05) is 44.7 Å². The van der Waals surface area contributed by atoms with Crippen molar-refractivity contribution in [1.82, 2.24) is 9.80 Å². The van der Waals surface area contributed by atoms with Crippen LogP contribution in [0.2, 0.25) is 0 Å². The van der Waals surface area contributed by atoms with Crippen LogP contribution >= 0.6 is 0 Å². The van der Waals surface area contributed by atoms with Gasteiger partial charge < -0.3 is 14.5 Å². The van der Waals surface area contributed by atoms with Crippen LogP contribution in [-0.2, 0) is 14.3 Å². The van der Waals surface area contributed by atoms with Crippen LogP contribution in [0.4, 0.5) is 5.69 Å². The highest BCUT2D eigenvalue weighted by atomic mass is 16.6. The molecule has 1 aliphatic carbocycles. The number of nitrogens with zero attached hydrogens (tertiary/aromatic N) is 3. The van der Waals surface area contributed by atoms with Crippen molar-refractivity contribution in [2.24, 2.45) is 11.3 Å². The summed E-state index contributed by atoms with van der Waals surface area (Å²) in [7, 11) is 2.00. The van der Waals surface area contributed by atoms with Gasteiger partial charge in [0.1, 0.15) is 11.6 Å². The first-order valence-corrected chi connectivity index (χ1v) is 11.6. The fourth-order valence-corrected chi connectivity index (χ4v) is 5.26. The molecule has 1 aromatic rings. The van der Waals surface area contributed by atoms with Crippen molar-refractivity contribution < 1.29 is 14.3 Å². The minimum absolute atomic E-state index is 0.0813. The van der Waals surface area contributed by atoms with Crippen LogP contribution in [0.1, 0.15) is 45.6 Å². The number of anilines is 1. The molecule has 0 aromatic heterocycles. The van der Waals surface area contributed by atoms with Crippen LogP contribution in [0, 0.1) is 18.3 Å². The average Bonchev–Trinajstić information content (AvgIpc) is 3.44. The van der Waals surface area contributed by atoms with Gasteiger partial charge in [-0.1, -0.05) is 12.1 Å². The quantitative estimate of drug-likeness (QED) is 0.694. The standard InChI is InChI=1S/C25H37N3O3/c1-18-7-6-8-19(15-18)27-11-13-28(14-12-27)22(29)21-20(23(30)31-24(2,3)4)16-25(9-10-25)17-26(21)5/h6-8,15,20-21H,9-14,16-17H2,1-5H3/t20-,21-/m0/s1. The highest BCUT2D eigenvalue weighted by Crippen LogP contribution is 2.55. The summed E-state index contributed by atoms with van der Waals surface area (Å²) in [5.41, 5.74) is 2.12. The number of hydrogen-bond donors (Lipinski definition) is 0. The van der Waals surface area contributed by atoms with E-state index in [1.54, 1.807) is 0 Å². The molecule has 2 aliphatic heterocycles. The zero-order valence-electron chi connectivity index (χ0n) is 19.7. The van der Waals surface area contributed by atoms with Gasteiger partial charge in [0.25, 0.3) is 0 Å². The Morgan fingerprint density at radius 2 is 1.77 bits per heavy atom. The van der Waals surface area contributed by atoms with Gasteiger partial charge in [0.05, 0.1) is 5.92 Å². The first-order valence-electron chi connectivity index (χ1n) is 11.6. The molecule has 0 radical (unpaired) electrons. The van der Waals surface area contributed by atoms with Gasteiger partial charge in [0, 0.05) is 38.4 Å². The molecule has 2 atom stereocenters. The van der Waals surface area contributed by atoms with E-state index in [-0.39, 0.29) is 23.2 Å². The van der Waals surface area contributed by atoms with Crippen LogP contribution in [0.3, 0.4) is 0 Å². The molecule has 4 rings (SSSR count). The number of piperazine rings is 1. The minimum atomic E-state index is -0.545. The molecular weight excluding hydrogens is 390 g/mol. The summed E-state index contributed by atoms with van der Waals surface area (Å²) < 4.78 is 5.76. The number of carbonyl (C=O) groups is 2. The number of benzene rings is 1. The third kappa shape index (κ3) is 4.89. The summed E-state index contributed by atoms with van der Waals surface area (Å²) in [5.74, 6) is -0.525. The van der Waals surface area contributed by atoms with E-state index in [1.165, 1.54) is 11.3 Å². The van der Waals surface area contributed by atoms with Crippen LogP contribution in [0.5, 0.6) is 0 Å². The lowest BCUT2D eigenvalue weighted by Gasteiger charge is -2.45. The molecule has 0 unspecified atom stereocenters. The van der Waals surface area contributed by atoms with Crippen molar-refractivity contribution in [3.8, 4) is 0 Å². The second-order valence-electron chi connectivity index (χ2n) is 10.9. The number of piperidine rings is 1. The van der Waals surface area contributed by atoms with E-state index in [4.69, 9.17) is 4.74 Å². The summed E-state index contributed by atoms with van der Waals surface area (Å²) in [6, 6.07) is 8.09. The van der Waals surface area contributed by atoms with Gasteiger partial charge in [-0.25, -0.2) is 0 Å². The molecule has 6 heteroatoms. The third-order valence-corrected chi connectivity index (χ3v) is 6.97. The van der Waals surface area contributed by atoms with E-state index in [2.05, 4.69) is 41.0 Å². The number of hydrogen-bond acceptors (Lipinski definition) is 5. The molecule has 2 heterocycles. The zero-order valence-corrected chi connectivity index (χ0v) is 19.7. The lowest BCUT2D eigenvalue weighted by molar-refractivity contribution is -0.169. The van der Waals surface area contributed by atoms with Gasteiger partial charge in [0.2, 0.25) is 5.91 Å². The van der Waals surface area contributed by atoms with Gasteiger partial charge >= 0.3 is 5.97 Å². The number of likely N-dealkylation sites (N-methyl/N-ethyl adjacent to an activating group) is 1. The van der Waals surface area contributed by atoms with Crippen LogP contribution in [-0.4, -0.2) is 73.1 Å². The maximum Gasteiger partial charge on any atom is 0.311 e. The largest absolute Gasteiger partial charge is 0.460 e. The Kier molecular flexibility index (Phi) is 5.80. The monoisotopic (exact) mass is 427 g/mol. The molecule has 31 heavy (non-hydrogen) atoms. The summed E-state index contributed by atoms with van der Waals surface area (Å²) >= 11 is 0. The van der Waals surface area contributed by atoms with Gasteiger partial charge in [0.15, 0.2) is 0 Å². The normalized spacial score (nSPS) is 26.1. The fourth-order valence-electron chi connectivity index (χ4n) is 5.26. The highest BCUT2D eigenvalue weighted by molar-refractivity contribution is 5.89. The summed E-state index contributed by atoms with van der Waals surface area (Å²) in [5, 5.41) is 0. The van der Waals surface area contributed by atoms with Crippen molar-refractivity contribution in [2.45, 2.75) is 58.6 Å². The smallest absolute Gasteiger partial charge is 0.311 e. The van der Waals surface area contributed by atoms with Crippen LogP contribution < -0.4 is 4.90 Å². The first-order chi connectivity index (χ1) is 14.6. The zero-order chi connectivity index (χ0) is 22.4. The average molecular weight is 428 g/mol. The van der Waals surface area contributed by atoms with E-state index >= 15 is 0 Å². The minimum Gasteiger partial charge on any atom is -0.460 e.